The van der Waals surface area contributed by atoms with Crippen molar-refractivity contribution in [3.05, 3.63) is 29.8 Å². The van der Waals surface area contributed by atoms with E-state index in [4.69, 9.17) is 9.47 Å². The van der Waals surface area contributed by atoms with Crippen molar-refractivity contribution in [2.75, 3.05) is 6.61 Å². The van der Waals surface area contributed by atoms with Gasteiger partial charge in [0.2, 0.25) is 0 Å². The van der Waals surface area contributed by atoms with Crippen molar-refractivity contribution in [3.63, 3.8) is 0 Å². The van der Waals surface area contributed by atoms with E-state index in [-0.39, 0.29) is 0 Å². The van der Waals surface area contributed by atoms with Gasteiger partial charge in [0, 0.05) is 6.54 Å². The predicted octanol–water partition coefficient (Wildman–Crippen LogP) is 3.64. The molecule has 1 aromatic rings. The van der Waals surface area contributed by atoms with Gasteiger partial charge in [-0.1, -0.05) is 26.0 Å². The molecule has 0 aliphatic carbocycles. The van der Waals surface area contributed by atoms with E-state index in [1.54, 1.807) is 0 Å². The molecule has 0 saturated heterocycles. The van der Waals surface area contributed by atoms with Crippen LogP contribution in [0.25, 0.3) is 0 Å². The zero-order chi connectivity index (χ0) is 16.6. The first-order valence-electron chi connectivity index (χ1n) is 7.70. The molecule has 1 rings (SSSR count). The van der Waals surface area contributed by atoms with E-state index >= 15 is 0 Å². The Balaban J connectivity index is 2.28. The number of rotatable bonds is 7. The van der Waals surface area contributed by atoms with Crippen LogP contribution in [-0.2, 0) is 11.3 Å². The van der Waals surface area contributed by atoms with Crippen LogP contribution in [0.5, 0.6) is 5.75 Å². The van der Waals surface area contributed by atoms with Crippen LogP contribution in [0.3, 0.4) is 0 Å². The zero-order valence-corrected chi connectivity index (χ0v) is 14.2. The van der Waals surface area contributed by atoms with E-state index in [1.807, 2.05) is 45.0 Å². The maximum atomic E-state index is 11.5. The molecule has 22 heavy (non-hydrogen) atoms. The minimum absolute atomic E-state index is 0.485. The Bertz CT molecular complexity index is 450. The van der Waals surface area contributed by atoms with Crippen LogP contribution in [0.15, 0.2) is 24.3 Å². The van der Waals surface area contributed by atoms with Crippen molar-refractivity contribution in [2.24, 2.45) is 5.92 Å². The normalized spacial score (nSPS) is 11.4. The third kappa shape index (κ3) is 8.52. The van der Waals surface area contributed by atoms with Gasteiger partial charge in [-0.15, -0.1) is 0 Å². The second kappa shape index (κ2) is 8.63. The lowest BCUT2D eigenvalue weighted by atomic mass is 10.1. The molecule has 0 fully saturated rings. The standard InChI is InChI=1S/C17H28N2O3/c1-13(2)10-11-21-15-8-6-14(7-9-15)12-18-19-16(20)22-17(3,4)5/h6-9,13,18H,10-12H2,1-5H3,(H,19,20). The lowest BCUT2D eigenvalue weighted by Crippen LogP contribution is -2.40. The number of carbonyl (C=O) groups is 1. The van der Waals surface area contributed by atoms with E-state index in [0.29, 0.717) is 12.5 Å². The molecule has 0 saturated carbocycles. The molecule has 2 N–H and O–H groups in total. The van der Waals surface area contributed by atoms with Gasteiger partial charge in [-0.3, -0.25) is 5.43 Å². The summed E-state index contributed by atoms with van der Waals surface area (Å²) in [5.41, 5.74) is 5.89. The van der Waals surface area contributed by atoms with Crippen molar-refractivity contribution in [1.82, 2.24) is 10.9 Å². The Morgan fingerprint density at radius 2 is 1.82 bits per heavy atom. The van der Waals surface area contributed by atoms with E-state index in [2.05, 4.69) is 24.7 Å². The molecule has 0 aromatic heterocycles. The molecule has 0 radical (unpaired) electrons. The maximum Gasteiger partial charge on any atom is 0.422 e. The summed E-state index contributed by atoms with van der Waals surface area (Å²) in [6, 6.07) is 7.80. The summed E-state index contributed by atoms with van der Waals surface area (Å²) in [4.78, 5) is 11.5. The van der Waals surface area contributed by atoms with Gasteiger partial charge in [-0.2, -0.15) is 0 Å². The Labute approximate surface area is 133 Å². The minimum Gasteiger partial charge on any atom is -0.494 e. The van der Waals surface area contributed by atoms with Crippen molar-refractivity contribution in [1.29, 1.82) is 0 Å². The number of nitrogens with one attached hydrogen (secondary N) is 2. The molecule has 1 amide bonds. The molecule has 0 aliphatic heterocycles. The molecule has 0 heterocycles. The lowest BCUT2D eigenvalue weighted by Gasteiger charge is -2.19. The van der Waals surface area contributed by atoms with Crippen molar-refractivity contribution >= 4 is 6.09 Å². The summed E-state index contributed by atoms with van der Waals surface area (Å²) in [6.07, 6.45) is 0.560. The molecule has 0 unspecified atom stereocenters. The maximum absolute atomic E-state index is 11.5. The third-order valence-corrected chi connectivity index (χ3v) is 2.77. The average Bonchev–Trinajstić information content (AvgIpc) is 2.38. The average molecular weight is 308 g/mol. The van der Waals surface area contributed by atoms with Gasteiger partial charge in [0.05, 0.1) is 6.61 Å². The fourth-order valence-electron chi connectivity index (χ4n) is 1.64. The van der Waals surface area contributed by atoms with Gasteiger partial charge >= 0.3 is 6.09 Å². The number of amides is 1. The molecule has 0 atom stereocenters. The van der Waals surface area contributed by atoms with Crippen LogP contribution in [0.2, 0.25) is 0 Å². The highest BCUT2D eigenvalue weighted by Crippen LogP contribution is 2.13. The van der Waals surface area contributed by atoms with Gasteiger partial charge in [-0.25, -0.2) is 10.2 Å². The number of hydrazine groups is 1. The highest BCUT2D eigenvalue weighted by molar-refractivity contribution is 5.66. The van der Waals surface area contributed by atoms with Crippen molar-refractivity contribution < 1.29 is 14.3 Å². The molecule has 124 valence electrons. The van der Waals surface area contributed by atoms with Crippen molar-refractivity contribution in [3.8, 4) is 5.75 Å². The number of carbonyl (C=O) groups excluding carboxylic acids is 1. The van der Waals surface area contributed by atoms with Gasteiger partial charge < -0.3 is 9.47 Å². The Kier molecular flexibility index (Phi) is 7.18. The Morgan fingerprint density at radius 1 is 1.18 bits per heavy atom. The lowest BCUT2D eigenvalue weighted by molar-refractivity contribution is 0.0497. The summed E-state index contributed by atoms with van der Waals surface area (Å²) in [5.74, 6) is 1.51. The molecule has 1 aromatic carbocycles. The largest absolute Gasteiger partial charge is 0.494 e. The highest BCUT2D eigenvalue weighted by atomic mass is 16.6. The van der Waals surface area contributed by atoms with Crippen molar-refractivity contribution in [2.45, 2.75) is 53.2 Å². The van der Waals surface area contributed by atoms with Gasteiger partial charge in [-0.05, 0) is 50.8 Å². The molecular formula is C17H28N2O3. The van der Waals surface area contributed by atoms with Gasteiger partial charge in [0.1, 0.15) is 11.4 Å². The SMILES string of the molecule is CC(C)CCOc1ccc(CNNC(=O)OC(C)(C)C)cc1. The van der Waals surface area contributed by atoms with Crippen LogP contribution < -0.4 is 15.6 Å². The zero-order valence-electron chi connectivity index (χ0n) is 14.2. The molecule has 5 heteroatoms. The summed E-state index contributed by atoms with van der Waals surface area (Å²) in [6.45, 7) is 11.1. The smallest absolute Gasteiger partial charge is 0.422 e. The summed E-state index contributed by atoms with van der Waals surface area (Å²) in [7, 11) is 0. The van der Waals surface area contributed by atoms with Crippen LogP contribution in [-0.4, -0.2) is 18.3 Å². The number of benzene rings is 1. The van der Waals surface area contributed by atoms with Crippen LogP contribution in [0.1, 0.15) is 46.6 Å². The summed E-state index contributed by atoms with van der Waals surface area (Å²) in [5, 5.41) is 0. The fourth-order valence-corrected chi connectivity index (χ4v) is 1.64. The van der Waals surface area contributed by atoms with Gasteiger partial charge in [0.25, 0.3) is 0 Å². The molecule has 5 nitrogen and oxygen atoms in total. The van der Waals surface area contributed by atoms with Crippen LogP contribution in [0.4, 0.5) is 4.79 Å². The predicted molar refractivity (Wildman–Crippen MR) is 87.6 cm³/mol. The summed E-state index contributed by atoms with van der Waals surface area (Å²) < 4.78 is 10.8. The second-order valence-corrected chi connectivity index (χ2v) is 6.66. The third-order valence-electron chi connectivity index (χ3n) is 2.77. The Morgan fingerprint density at radius 3 is 2.36 bits per heavy atom. The monoisotopic (exact) mass is 308 g/mol. The number of hydrogen-bond donors (Lipinski definition) is 2. The second-order valence-electron chi connectivity index (χ2n) is 6.66. The minimum atomic E-state index is -0.499. The molecular weight excluding hydrogens is 280 g/mol. The molecule has 0 aliphatic rings. The van der Waals surface area contributed by atoms with E-state index in [1.165, 1.54) is 0 Å². The van der Waals surface area contributed by atoms with Crippen LogP contribution >= 0.6 is 0 Å². The molecule has 0 spiro atoms. The Hall–Kier alpha value is -1.75. The number of ether oxygens (including phenoxy) is 2. The van der Waals surface area contributed by atoms with E-state index < -0.39 is 11.7 Å². The summed E-state index contributed by atoms with van der Waals surface area (Å²) >= 11 is 0. The van der Waals surface area contributed by atoms with E-state index in [0.717, 1.165) is 24.3 Å². The highest BCUT2D eigenvalue weighted by Gasteiger charge is 2.15. The quantitative estimate of drug-likeness (QED) is 0.755. The van der Waals surface area contributed by atoms with E-state index in [9.17, 15) is 4.79 Å². The first kappa shape index (κ1) is 18.3. The number of hydrogen-bond acceptors (Lipinski definition) is 4. The fraction of sp³-hybridized carbons (Fsp3) is 0.588. The molecule has 0 bridgehead atoms. The first-order valence-corrected chi connectivity index (χ1v) is 7.70. The van der Waals surface area contributed by atoms with Crippen LogP contribution in [0, 0.1) is 5.92 Å². The first-order chi connectivity index (χ1) is 10.3. The topological polar surface area (TPSA) is 59.6 Å². The van der Waals surface area contributed by atoms with Gasteiger partial charge in [0.15, 0.2) is 0 Å².